The standard InChI is InChI=1S/C30H22F3N3O5S2/c1-15-6-4-8-17(12-15)34-21(37)14-41-18-9-5-7-16(13-18)22-23-25(42-26-24(22)43-29(40)35-26)28(39)36(27(23)38)20-11-3-2-10-19(20)30(31,32)33/h2-13,22-23,25H,14H2,1H3,(H,34,37)(H,35,40)/t22-,23?,25?/m1/s1. The van der Waals surface area contributed by atoms with Crippen molar-refractivity contribution in [2.24, 2.45) is 5.92 Å². The first-order chi connectivity index (χ1) is 20.5. The summed E-state index contributed by atoms with van der Waals surface area (Å²) in [6, 6.07) is 18.3. The number of H-pyrrole nitrogens is 1. The lowest BCUT2D eigenvalue weighted by atomic mass is 9.83. The predicted molar refractivity (Wildman–Crippen MR) is 156 cm³/mol. The van der Waals surface area contributed by atoms with Crippen molar-refractivity contribution in [3.05, 3.63) is 104 Å². The minimum atomic E-state index is -4.79. The van der Waals surface area contributed by atoms with E-state index < -0.39 is 52.2 Å². The van der Waals surface area contributed by atoms with E-state index in [-0.39, 0.29) is 11.5 Å². The minimum absolute atomic E-state index is 0.298. The van der Waals surface area contributed by atoms with E-state index in [1.54, 1.807) is 30.3 Å². The average molecular weight is 626 g/mol. The number of para-hydroxylation sites is 1. The highest BCUT2D eigenvalue weighted by atomic mass is 32.2. The van der Waals surface area contributed by atoms with E-state index in [1.807, 2.05) is 25.1 Å². The summed E-state index contributed by atoms with van der Waals surface area (Å²) in [5.41, 5.74) is 0.466. The van der Waals surface area contributed by atoms with Crippen molar-refractivity contribution in [2.45, 2.75) is 29.3 Å². The molecule has 3 atom stereocenters. The third-order valence-corrected chi connectivity index (χ3v) is 9.56. The van der Waals surface area contributed by atoms with Gasteiger partial charge in [-0.15, -0.1) is 0 Å². The van der Waals surface area contributed by atoms with Gasteiger partial charge in [-0.1, -0.05) is 59.5 Å². The molecule has 1 saturated heterocycles. The lowest BCUT2D eigenvalue weighted by molar-refractivity contribution is -0.137. The first-order valence-corrected chi connectivity index (χ1v) is 14.7. The third kappa shape index (κ3) is 5.45. The molecule has 2 N–H and O–H groups in total. The van der Waals surface area contributed by atoms with Gasteiger partial charge >= 0.3 is 11.0 Å². The Labute approximate surface area is 250 Å². The zero-order valence-corrected chi connectivity index (χ0v) is 23.9. The Morgan fingerprint density at radius 3 is 2.53 bits per heavy atom. The lowest BCUT2D eigenvalue weighted by Gasteiger charge is -2.30. The summed E-state index contributed by atoms with van der Waals surface area (Å²) in [7, 11) is 0. The molecule has 3 aromatic carbocycles. The molecule has 4 aromatic rings. The minimum Gasteiger partial charge on any atom is -0.484 e. The number of thiazole rings is 1. The van der Waals surface area contributed by atoms with E-state index >= 15 is 0 Å². The summed E-state index contributed by atoms with van der Waals surface area (Å²) in [5, 5.41) is 2.07. The normalized spacial score (nSPS) is 19.6. The maximum atomic E-state index is 13.9. The van der Waals surface area contributed by atoms with Crippen LogP contribution in [0.5, 0.6) is 5.75 Å². The number of imide groups is 1. The van der Waals surface area contributed by atoms with Crippen LogP contribution in [0.2, 0.25) is 0 Å². The van der Waals surface area contributed by atoms with Crippen molar-refractivity contribution in [1.82, 2.24) is 4.98 Å². The predicted octanol–water partition coefficient (Wildman–Crippen LogP) is 5.58. The van der Waals surface area contributed by atoms with Gasteiger partial charge in [0.05, 0.1) is 22.2 Å². The Bertz CT molecular complexity index is 1820. The number of aryl methyl sites for hydroxylation is 1. The second-order valence-electron chi connectivity index (χ2n) is 10.1. The number of thioether (sulfide) groups is 1. The number of carbonyl (C=O) groups excluding carboxylic acids is 3. The van der Waals surface area contributed by atoms with Crippen LogP contribution in [-0.4, -0.2) is 34.6 Å². The molecular weight excluding hydrogens is 603 g/mol. The van der Waals surface area contributed by atoms with Gasteiger partial charge in [-0.05, 0) is 54.4 Å². The van der Waals surface area contributed by atoms with Crippen molar-refractivity contribution in [2.75, 3.05) is 16.8 Å². The maximum Gasteiger partial charge on any atom is 0.418 e. The number of amides is 3. The molecule has 0 saturated carbocycles. The van der Waals surface area contributed by atoms with Gasteiger partial charge in [0, 0.05) is 16.5 Å². The topological polar surface area (TPSA) is 109 Å². The number of anilines is 2. The number of nitrogens with zero attached hydrogens (tertiary/aromatic N) is 1. The fourth-order valence-electron chi connectivity index (χ4n) is 5.39. The van der Waals surface area contributed by atoms with Gasteiger partial charge in [0.2, 0.25) is 11.8 Å². The van der Waals surface area contributed by atoms with Crippen LogP contribution in [0.25, 0.3) is 0 Å². The van der Waals surface area contributed by atoms with E-state index in [2.05, 4.69) is 10.3 Å². The molecule has 43 heavy (non-hydrogen) atoms. The number of ether oxygens (including phenoxy) is 1. The molecule has 0 bridgehead atoms. The van der Waals surface area contributed by atoms with E-state index in [0.717, 1.165) is 40.8 Å². The van der Waals surface area contributed by atoms with Crippen molar-refractivity contribution >= 4 is 52.2 Å². The Kier molecular flexibility index (Phi) is 7.38. The molecule has 0 radical (unpaired) electrons. The van der Waals surface area contributed by atoms with Crippen LogP contribution in [0.3, 0.4) is 0 Å². The monoisotopic (exact) mass is 625 g/mol. The number of halogens is 3. The lowest BCUT2D eigenvalue weighted by Crippen LogP contribution is -2.33. The largest absolute Gasteiger partial charge is 0.484 e. The SMILES string of the molecule is Cc1cccc(NC(=O)COc2cccc([C@H]3c4sc(=O)[nH]c4SC4C(=O)N(c5ccccc5C(F)(F)F)C(=O)C43)c2)c1. The van der Waals surface area contributed by atoms with Gasteiger partial charge in [-0.2, -0.15) is 13.2 Å². The molecule has 1 aromatic heterocycles. The number of aromatic amines is 1. The van der Waals surface area contributed by atoms with Gasteiger partial charge < -0.3 is 15.0 Å². The molecule has 8 nitrogen and oxygen atoms in total. The van der Waals surface area contributed by atoms with Crippen LogP contribution >= 0.6 is 23.1 Å². The molecule has 2 aliphatic heterocycles. The van der Waals surface area contributed by atoms with E-state index in [4.69, 9.17) is 4.74 Å². The Morgan fingerprint density at radius 1 is 1.00 bits per heavy atom. The highest BCUT2D eigenvalue weighted by Gasteiger charge is 2.57. The molecule has 2 aliphatic rings. The maximum absolute atomic E-state index is 13.9. The van der Waals surface area contributed by atoms with Crippen molar-refractivity contribution in [3.63, 3.8) is 0 Å². The number of hydrogen-bond acceptors (Lipinski definition) is 7. The average Bonchev–Trinajstić information content (AvgIpc) is 3.45. The molecule has 6 rings (SSSR count). The summed E-state index contributed by atoms with van der Waals surface area (Å²) >= 11 is 1.85. The summed E-state index contributed by atoms with van der Waals surface area (Å²) in [6.07, 6.45) is -4.79. The third-order valence-electron chi connectivity index (χ3n) is 7.16. The van der Waals surface area contributed by atoms with Gasteiger partial charge in [0.15, 0.2) is 6.61 Å². The van der Waals surface area contributed by atoms with Crippen molar-refractivity contribution in [1.29, 1.82) is 0 Å². The Morgan fingerprint density at radius 2 is 1.77 bits per heavy atom. The van der Waals surface area contributed by atoms with E-state index in [0.29, 0.717) is 31.8 Å². The number of aromatic nitrogens is 1. The van der Waals surface area contributed by atoms with E-state index in [9.17, 15) is 32.3 Å². The molecule has 3 amide bonds. The number of nitrogens with one attached hydrogen (secondary N) is 2. The quantitative estimate of drug-likeness (QED) is 0.271. The van der Waals surface area contributed by atoms with Crippen molar-refractivity contribution in [3.8, 4) is 5.75 Å². The number of alkyl halides is 3. The van der Waals surface area contributed by atoms with Crippen LogP contribution in [0, 0.1) is 12.8 Å². The van der Waals surface area contributed by atoms with Crippen LogP contribution in [0.4, 0.5) is 24.5 Å². The number of rotatable bonds is 6. The molecule has 3 heterocycles. The zero-order chi connectivity index (χ0) is 30.5. The fraction of sp³-hybridized carbons (Fsp3) is 0.200. The van der Waals surface area contributed by atoms with Gasteiger partial charge in [-0.25, -0.2) is 4.90 Å². The number of hydrogen-bond donors (Lipinski definition) is 2. The number of benzene rings is 3. The second kappa shape index (κ2) is 11.0. The van der Waals surface area contributed by atoms with Crippen LogP contribution in [0.1, 0.15) is 27.5 Å². The van der Waals surface area contributed by atoms with Crippen molar-refractivity contribution < 1.29 is 32.3 Å². The number of fused-ring (bicyclic) bond motifs is 2. The Balaban J connectivity index is 1.32. The highest BCUT2D eigenvalue weighted by molar-refractivity contribution is 8.00. The Hall–Kier alpha value is -4.36. The van der Waals surface area contributed by atoms with Gasteiger partial charge in [0.1, 0.15) is 11.0 Å². The zero-order valence-electron chi connectivity index (χ0n) is 22.3. The molecule has 1 fully saturated rings. The molecule has 220 valence electrons. The summed E-state index contributed by atoms with van der Waals surface area (Å²) < 4.78 is 47.3. The van der Waals surface area contributed by atoms with Gasteiger partial charge in [0.25, 0.3) is 5.91 Å². The molecule has 0 spiro atoms. The highest BCUT2D eigenvalue weighted by Crippen LogP contribution is 2.54. The van der Waals surface area contributed by atoms with E-state index in [1.165, 1.54) is 12.1 Å². The smallest absolute Gasteiger partial charge is 0.418 e. The molecule has 2 unspecified atom stereocenters. The molecular formula is C30H22F3N3O5S2. The first kappa shape index (κ1) is 28.7. The van der Waals surface area contributed by atoms with Crippen LogP contribution in [-0.2, 0) is 20.6 Å². The number of carbonyl (C=O) groups is 3. The second-order valence-corrected chi connectivity index (χ2v) is 12.2. The van der Waals surface area contributed by atoms with Crippen LogP contribution < -0.4 is 19.8 Å². The fourth-order valence-corrected chi connectivity index (χ4v) is 7.90. The summed E-state index contributed by atoms with van der Waals surface area (Å²) in [6.45, 7) is 1.58. The molecule has 13 heteroatoms. The summed E-state index contributed by atoms with van der Waals surface area (Å²) in [5.74, 6) is -3.59. The first-order valence-electron chi connectivity index (χ1n) is 13.0. The van der Waals surface area contributed by atoms with Gasteiger partial charge in [-0.3, -0.25) is 19.2 Å². The summed E-state index contributed by atoms with van der Waals surface area (Å²) in [4.78, 5) is 55.8. The van der Waals surface area contributed by atoms with Crippen LogP contribution in [0.15, 0.2) is 82.6 Å². The molecule has 0 aliphatic carbocycles.